The van der Waals surface area contributed by atoms with E-state index in [1.54, 1.807) is 0 Å². The normalized spacial score (nSPS) is 10.4. The van der Waals surface area contributed by atoms with E-state index in [2.05, 4.69) is 15.0 Å². The summed E-state index contributed by atoms with van der Waals surface area (Å²) in [5, 5.41) is -0.175. The highest BCUT2D eigenvalue weighted by molar-refractivity contribution is 6.28. The molecule has 1 heterocycles. The molecule has 2 rings (SSSR count). The summed E-state index contributed by atoms with van der Waals surface area (Å²) in [6.07, 6.45) is 0. The molecule has 0 aliphatic heterocycles. The maximum absolute atomic E-state index is 13.4. The van der Waals surface area contributed by atoms with Crippen molar-refractivity contribution >= 4 is 17.5 Å². The zero-order chi connectivity index (χ0) is 11.7. The van der Waals surface area contributed by atoms with E-state index in [1.165, 1.54) is 12.1 Å². The molecule has 2 N–H and O–H groups in total. The summed E-state index contributed by atoms with van der Waals surface area (Å²) < 4.78 is 26.3. The smallest absolute Gasteiger partial charge is 0.227 e. The topological polar surface area (TPSA) is 64.7 Å². The molecule has 0 radical (unpaired) electrons. The van der Waals surface area contributed by atoms with Crippen LogP contribution >= 0.6 is 11.6 Å². The summed E-state index contributed by atoms with van der Waals surface area (Å²) >= 11 is 5.53. The van der Waals surface area contributed by atoms with E-state index in [0.29, 0.717) is 0 Å². The fourth-order valence-corrected chi connectivity index (χ4v) is 1.33. The van der Waals surface area contributed by atoms with Gasteiger partial charge < -0.3 is 5.73 Å². The van der Waals surface area contributed by atoms with Gasteiger partial charge in [0.1, 0.15) is 0 Å². The lowest BCUT2D eigenvalue weighted by Crippen LogP contribution is -2.01. The SMILES string of the molecule is Nc1nc(Cl)nc(-c2cccc(F)c2F)n1. The second kappa shape index (κ2) is 3.97. The van der Waals surface area contributed by atoms with Crippen molar-refractivity contribution in [2.24, 2.45) is 0 Å². The van der Waals surface area contributed by atoms with Gasteiger partial charge in [-0.1, -0.05) is 6.07 Å². The quantitative estimate of drug-likeness (QED) is 0.831. The molecule has 16 heavy (non-hydrogen) atoms. The van der Waals surface area contributed by atoms with E-state index in [4.69, 9.17) is 17.3 Å². The molecule has 0 saturated carbocycles. The lowest BCUT2D eigenvalue weighted by atomic mass is 10.2. The number of anilines is 1. The Kier molecular flexibility index (Phi) is 2.66. The first-order valence-corrected chi connectivity index (χ1v) is 4.57. The molecule has 7 heteroatoms. The molecule has 0 aliphatic carbocycles. The number of hydrogen-bond donors (Lipinski definition) is 1. The van der Waals surface area contributed by atoms with E-state index in [0.717, 1.165) is 6.07 Å². The second-order valence-electron chi connectivity index (χ2n) is 2.89. The molecule has 4 nitrogen and oxygen atoms in total. The first-order chi connectivity index (χ1) is 7.58. The van der Waals surface area contributed by atoms with E-state index >= 15 is 0 Å². The number of benzene rings is 1. The zero-order valence-electron chi connectivity index (χ0n) is 7.78. The highest BCUT2D eigenvalue weighted by atomic mass is 35.5. The van der Waals surface area contributed by atoms with Crippen molar-refractivity contribution in [3.8, 4) is 11.4 Å². The monoisotopic (exact) mass is 242 g/mol. The molecule has 1 aromatic heterocycles. The molecular formula is C9H5ClF2N4. The summed E-state index contributed by atoms with van der Waals surface area (Å²) in [5.74, 6) is -2.30. The Labute approximate surface area is 94.1 Å². The van der Waals surface area contributed by atoms with E-state index in [1.807, 2.05) is 0 Å². The Morgan fingerprint density at radius 2 is 1.88 bits per heavy atom. The maximum Gasteiger partial charge on any atom is 0.227 e. The second-order valence-corrected chi connectivity index (χ2v) is 3.23. The van der Waals surface area contributed by atoms with Gasteiger partial charge in [-0.05, 0) is 23.7 Å². The van der Waals surface area contributed by atoms with Gasteiger partial charge in [0, 0.05) is 0 Å². The van der Waals surface area contributed by atoms with Crippen LogP contribution < -0.4 is 5.73 Å². The van der Waals surface area contributed by atoms with E-state index < -0.39 is 11.6 Å². The number of nitrogens with two attached hydrogens (primary N) is 1. The maximum atomic E-state index is 13.4. The zero-order valence-corrected chi connectivity index (χ0v) is 8.54. The summed E-state index contributed by atoms with van der Waals surface area (Å²) in [5.41, 5.74) is 5.21. The number of aromatic nitrogens is 3. The average molecular weight is 243 g/mol. The van der Waals surface area contributed by atoms with Crippen LogP contribution in [0.25, 0.3) is 11.4 Å². The number of nitrogens with zero attached hydrogens (tertiary/aromatic N) is 3. The molecule has 0 bridgehead atoms. The van der Waals surface area contributed by atoms with Crippen LogP contribution in [0, 0.1) is 11.6 Å². The van der Waals surface area contributed by atoms with Crippen LogP contribution in [0.1, 0.15) is 0 Å². The lowest BCUT2D eigenvalue weighted by molar-refractivity contribution is 0.510. The van der Waals surface area contributed by atoms with Crippen LogP contribution in [0.4, 0.5) is 14.7 Å². The molecule has 0 unspecified atom stereocenters. The number of rotatable bonds is 1. The molecule has 0 amide bonds. The van der Waals surface area contributed by atoms with Gasteiger partial charge in [-0.3, -0.25) is 0 Å². The molecule has 0 spiro atoms. The van der Waals surface area contributed by atoms with Crippen LogP contribution in [0.5, 0.6) is 0 Å². The van der Waals surface area contributed by atoms with Crippen LogP contribution in [0.2, 0.25) is 5.28 Å². The number of nitrogen functional groups attached to an aromatic ring is 1. The van der Waals surface area contributed by atoms with Gasteiger partial charge in [0.15, 0.2) is 17.5 Å². The Morgan fingerprint density at radius 3 is 2.56 bits per heavy atom. The highest BCUT2D eigenvalue weighted by Gasteiger charge is 2.13. The number of halogens is 3. The van der Waals surface area contributed by atoms with Crippen LogP contribution in [-0.4, -0.2) is 15.0 Å². The summed E-state index contributed by atoms with van der Waals surface area (Å²) in [6, 6.07) is 3.65. The standard InChI is InChI=1S/C9H5ClF2N4/c10-8-14-7(15-9(13)16-8)4-2-1-3-5(11)6(4)12/h1-3H,(H2,13,14,15,16). The first kappa shape index (κ1) is 10.7. The molecule has 0 atom stereocenters. The third-order valence-corrected chi connectivity index (χ3v) is 1.99. The van der Waals surface area contributed by atoms with Gasteiger partial charge in [-0.15, -0.1) is 0 Å². The molecule has 2 aromatic rings. The third-order valence-electron chi connectivity index (χ3n) is 1.82. The molecule has 0 fully saturated rings. The van der Waals surface area contributed by atoms with Crippen molar-refractivity contribution in [2.45, 2.75) is 0 Å². The number of hydrogen-bond acceptors (Lipinski definition) is 4. The first-order valence-electron chi connectivity index (χ1n) is 4.19. The van der Waals surface area contributed by atoms with Gasteiger partial charge in [-0.25, -0.2) is 8.78 Å². The van der Waals surface area contributed by atoms with Crippen molar-refractivity contribution < 1.29 is 8.78 Å². The van der Waals surface area contributed by atoms with Crippen molar-refractivity contribution in [2.75, 3.05) is 5.73 Å². The molecule has 0 aliphatic rings. The largest absolute Gasteiger partial charge is 0.368 e. The summed E-state index contributed by atoms with van der Waals surface area (Å²) in [7, 11) is 0. The minimum Gasteiger partial charge on any atom is -0.368 e. The van der Waals surface area contributed by atoms with Gasteiger partial charge in [0.2, 0.25) is 11.2 Å². The van der Waals surface area contributed by atoms with Gasteiger partial charge >= 0.3 is 0 Å². The lowest BCUT2D eigenvalue weighted by Gasteiger charge is -2.03. The molecule has 0 saturated heterocycles. The van der Waals surface area contributed by atoms with Crippen LogP contribution in [0.3, 0.4) is 0 Å². The minimum atomic E-state index is -1.05. The molecule has 1 aromatic carbocycles. The van der Waals surface area contributed by atoms with Crippen molar-refractivity contribution in [3.05, 3.63) is 35.1 Å². The Bertz CT molecular complexity index is 527. The summed E-state index contributed by atoms with van der Waals surface area (Å²) in [4.78, 5) is 10.9. The van der Waals surface area contributed by atoms with Crippen molar-refractivity contribution in [3.63, 3.8) is 0 Å². The highest BCUT2D eigenvalue weighted by Crippen LogP contribution is 2.22. The fraction of sp³-hybridized carbons (Fsp3) is 0. The third kappa shape index (κ3) is 1.92. The Hall–Kier alpha value is -1.82. The molecule has 82 valence electrons. The fourth-order valence-electron chi connectivity index (χ4n) is 1.16. The summed E-state index contributed by atoms with van der Waals surface area (Å²) in [6.45, 7) is 0. The van der Waals surface area contributed by atoms with Crippen LogP contribution in [-0.2, 0) is 0 Å². The average Bonchev–Trinajstić information content (AvgIpc) is 2.20. The van der Waals surface area contributed by atoms with E-state index in [9.17, 15) is 8.78 Å². The van der Waals surface area contributed by atoms with Gasteiger partial charge in [0.05, 0.1) is 5.56 Å². The van der Waals surface area contributed by atoms with Gasteiger partial charge in [-0.2, -0.15) is 15.0 Å². The Morgan fingerprint density at radius 1 is 1.12 bits per heavy atom. The predicted octanol–water partition coefficient (Wildman–Crippen LogP) is 2.05. The van der Waals surface area contributed by atoms with Gasteiger partial charge in [0.25, 0.3) is 0 Å². The predicted molar refractivity (Wildman–Crippen MR) is 54.6 cm³/mol. The van der Waals surface area contributed by atoms with Crippen molar-refractivity contribution in [1.82, 2.24) is 15.0 Å². The minimum absolute atomic E-state index is 0.102. The molecular weight excluding hydrogens is 238 g/mol. The van der Waals surface area contributed by atoms with Crippen LogP contribution in [0.15, 0.2) is 18.2 Å². The van der Waals surface area contributed by atoms with Crippen molar-refractivity contribution in [1.29, 1.82) is 0 Å². The van der Waals surface area contributed by atoms with E-state index in [-0.39, 0.29) is 22.6 Å². The Balaban J connectivity index is 2.63.